The van der Waals surface area contributed by atoms with Gasteiger partial charge in [-0.15, -0.1) is 0 Å². The molecule has 2 N–H and O–H groups in total. The highest BCUT2D eigenvalue weighted by atomic mass is 16.5. The second-order valence-electron chi connectivity index (χ2n) is 5.00. The molecule has 0 aromatic rings. The predicted molar refractivity (Wildman–Crippen MR) is 75.6 cm³/mol. The molecular formula is C14H24N2O4. The zero-order chi connectivity index (χ0) is 14.8. The quantitative estimate of drug-likeness (QED) is 0.523. The van der Waals surface area contributed by atoms with Crippen molar-refractivity contribution in [3.8, 4) is 0 Å². The SMILES string of the molecule is C=CCOC(=O)NC1CCN(CCCCC(=O)O)CC1. The van der Waals surface area contributed by atoms with Crippen molar-refractivity contribution in [1.82, 2.24) is 10.2 Å². The molecule has 0 spiro atoms. The van der Waals surface area contributed by atoms with Gasteiger partial charge in [0, 0.05) is 25.6 Å². The summed E-state index contributed by atoms with van der Waals surface area (Å²) < 4.78 is 4.89. The highest BCUT2D eigenvalue weighted by Gasteiger charge is 2.20. The molecule has 6 heteroatoms. The summed E-state index contributed by atoms with van der Waals surface area (Å²) in [7, 11) is 0. The van der Waals surface area contributed by atoms with Crippen LogP contribution in [0.5, 0.6) is 0 Å². The molecule has 1 saturated heterocycles. The number of piperidine rings is 1. The number of unbranched alkanes of at least 4 members (excludes halogenated alkanes) is 1. The molecule has 6 nitrogen and oxygen atoms in total. The lowest BCUT2D eigenvalue weighted by Gasteiger charge is -2.32. The molecule has 1 rings (SSSR count). The molecular weight excluding hydrogens is 260 g/mol. The minimum Gasteiger partial charge on any atom is -0.481 e. The number of carboxylic acid groups (broad SMARTS) is 1. The molecule has 0 aliphatic carbocycles. The Bertz CT molecular complexity index is 325. The fourth-order valence-corrected chi connectivity index (χ4v) is 2.26. The number of ether oxygens (including phenoxy) is 1. The van der Waals surface area contributed by atoms with Crippen LogP contribution in [0.4, 0.5) is 4.79 Å². The number of carboxylic acids is 1. The molecule has 0 unspecified atom stereocenters. The van der Waals surface area contributed by atoms with Gasteiger partial charge in [-0.2, -0.15) is 0 Å². The maximum Gasteiger partial charge on any atom is 0.407 e. The van der Waals surface area contributed by atoms with Crippen molar-refractivity contribution >= 4 is 12.1 Å². The molecule has 1 heterocycles. The lowest BCUT2D eigenvalue weighted by Crippen LogP contribution is -2.45. The Morgan fingerprint density at radius 3 is 2.65 bits per heavy atom. The van der Waals surface area contributed by atoms with E-state index in [1.165, 1.54) is 0 Å². The second kappa shape index (κ2) is 9.36. The molecule has 0 bridgehead atoms. The van der Waals surface area contributed by atoms with Gasteiger partial charge >= 0.3 is 12.1 Å². The summed E-state index contributed by atoms with van der Waals surface area (Å²) in [4.78, 5) is 24.1. The Kier molecular flexibility index (Phi) is 7.72. The molecule has 114 valence electrons. The van der Waals surface area contributed by atoms with E-state index in [4.69, 9.17) is 9.84 Å². The zero-order valence-electron chi connectivity index (χ0n) is 11.8. The smallest absolute Gasteiger partial charge is 0.407 e. The Hall–Kier alpha value is -1.56. The van der Waals surface area contributed by atoms with Crippen molar-refractivity contribution in [2.45, 2.75) is 38.1 Å². The predicted octanol–water partition coefficient (Wildman–Crippen LogP) is 1.62. The highest BCUT2D eigenvalue weighted by Crippen LogP contribution is 2.11. The number of likely N-dealkylation sites (tertiary alicyclic amines) is 1. The monoisotopic (exact) mass is 284 g/mol. The van der Waals surface area contributed by atoms with Crippen LogP contribution in [0.3, 0.4) is 0 Å². The molecule has 0 aromatic carbocycles. The number of hydrogen-bond donors (Lipinski definition) is 2. The molecule has 0 radical (unpaired) electrons. The summed E-state index contributed by atoms with van der Waals surface area (Å²) in [5.41, 5.74) is 0. The second-order valence-corrected chi connectivity index (χ2v) is 5.00. The van der Waals surface area contributed by atoms with E-state index in [0.29, 0.717) is 0 Å². The topological polar surface area (TPSA) is 78.9 Å². The maximum atomic E-state index is 11.4. The van der Waals surface area contributed by atoms with Gasteiger partial charge in [0.05, 0.1) is 0 Å². The first-order valence-corrected chi connectivity index (χ1v) is 7.10. The van der Waals surface area contributed by atoms with Crippen LogP contribution in [0.1, 0.15) is 32.1 Å². The standard InChI is InChI=1S/C14H24N2O4/c1-2-11-20-14(19)15-12-6-9-16(10-7-12)8-4-3-5-13(17)18/h2,12H,1,3-11H2,(H,15,19)(H,17,18). The number of carbonyl (C=O) groups excluding carboxylic acids is 1. The number of nitrogens with one attached hydrogen (secondary N) is 1. The number of rotatable bonds is 8. The first-order chi connectivity index (χ1) is 9.61. The van der Waals surface area contributed by atoms with Crippen LogP contribution in [-0.2, 0) is 9.53 Å². The largest absolute Gasteiger partial charge is 0.481 e. The number of carbonyl (C=O) groups is 2. The Balaban J connectivity index is 2.08. The van der Waals surface area contributed by atoms with Crippen molar-refractivity contribution in [3.05, 3.63) is 12.7 Å². The van der Waals surface area contributed by atoms with E-state index in [9.17, 15) is 9.59 Å². The maximum absolute atomic E-state index is 11.4. The Labute approximate surface area is 119 Å². The van der Waals surface area contributed by atoms with Gasteiger partial charge in [0.25, 0.3) is 0 Å². The first-order valence-electron chi connectivity index (χ1n) is 7.10. The Morgan fingerprint density at radius 2 is 2.05 bits per heavy atom. The van der Waals surface area contributed by atoms with Crippen LogP contribution in [0.25, 0.3) is 0 Å². The zero-order valence-corrected chi connectivity index (χ0v) is 11.8. The van der Waals surface area contributed by atoms with Crippen LogP contribution in [0.15, 0.2) is 12.7 Å². The highest BCUT2D eigenvalue weighted by molar-refractivity contribution is 5.67. The van der Waals surface area contributed by atoms with E-state index in [-0.39, 0.29) is 25.2 Å². The Morgan fingerprint density at radius 1 is 1.35 bits per heavy atom. The third kappa shape index (κ3) is 7.13. The first kappa shape index (κ1) is 16.5. The normalized spacial score (nSPS) is 16.6. The number of nitrogens with zero attached hydrogens (tertiary/aromatic N) is 1. The molecule has 20 heavy (non-hydrogen) atoms. The summed E-state index contributed by atoms with van der Waals surface area (Å²) in [6.07, 6.45) is 4.84. The van der Waals surface area contributed by atoms with Gasteiger partial charge in [-0.1, -0.05) is 12.7 Å². The minimum absolute atomic E-state index is 0.169. The minimum atomic E-state index is -0.731. The third-order valence-electron chi connectivity index (χ3n) is 3.36. The van der Waals surface area contributed by atoms with E-state index < -0.39 is 5.97 Å². The average molecular weight is 284 g/mol. The molecule has 1 amide bonds. The van der Waals surface area contributed by atoms with Gasteiger partial charge in [0.1, 0.15) is 6.61 Å². The lowest BCUT2D eigenvalue weighted by molar-refractivity contribution is -0.137. The van der Waals surface area contributed by atoms with Crippen molar-refractivity contribution in [2.24, 2.45) is 0 Å². The van der Waals surface area contributed by atoms with Crippen LogP contribution in [0.2, 0.25) is 0 Å². The third-order valence-corrected chi connectivity index (χ3v) is 3.36. The summed E-state index contributed by atoms with van der Waals surface area (Å²) in [6, 6.07) is 0.169. The van der Waals surface area contributed by atoms with Crippen molar-refractivity contribution in [1.29, 1.82) is 0 Å². The van der Waals surface area contributed by atoms with Gasteiger partial charge in [0.2, 0.25) is 0 Å². The fourth-order valence-electron chi connectivity index (χ4n) is 2.26. The number of hydrogen-bond acceptors (Lipinski definition) is 4. The van der Waals surface area contributed by atoms with Gasteiger partial charge in [-0.25, -0.2) is 4.79 Å². The van der Waals surface area contributed by atoms with Gasteiger partial charge in [-0.3, -0.25) is 4.79 Å². The number of alkyl carbamates (subject to hydrolysis) is 1. The molecule has 0 aromatic heterocycles. The van der Waals surface area contributed by atoms with Gasteiger partial charge in [-0.05, 0) is 32.2 Å². The molecule has 1 fully saturated rings. The summed E-state index contributed by atoms with van der Waals surface area (Å²) in [6.45, 7) is 6.51. The molecule has 0 atom stereocenters. The lowest BCUT2D eigenvalue weighted by atomic mass is 10.0. The van der Waals surface area contributed by atoms with E-state index in [0.717, 1.165) is 45.3 Å². The van der Waals surface area contributed by atoms with Crippen LogP contribution < -0.4 is 5.32 Å². The van der Waals surface area contributed by atoms with Crippen LogP contribution in [0, 0.1) is 0 Å². The van der Waals surface area contributed by atoms with E-state index in [2.05, 4.69) is 16.8 Å². The van der Waals surface area contributed by atoms with Crippen LogP contribution >= 0.6 is 0 Å². The van der Waals surface area contributed by atoms with Gasteiger partial charge < -0.3 is 20.1 Å². The van der Waals surface area contributed by atoms with E-state index in [1.54, 1.807) is 6.08 Å². The van der Waals surface area contributed by atoms with Gasteiger partial charge in [0.15, 0.2) is 0 Å². The summed E-state index contributed by atoms with van der Waals surface area (Å²) >= 11 is 0. The van der Waals surface area contributed by atoms with Crippen molar-refractivity contribution < 1.29 is 19.4 Å². The van der Waals surface area contributed by atoms with Crippen LogP contribution in [-0.4, -0.2) is 54.4 Å². The average Bonchev–Trinajstić information content (AvgIpc) is 2.43. The van der Waals surface area contributed by atoms with Crippen molar-refractivity contribution in [2.75, 3.05) is 26.2 Å². The summed E-state index contributed by atoms with van der Waals surface area (Å²) in [5.74, 6) is -0.731. The molecule has 1 aliphatic heterocycles. The summed E-state index contributed by atoms with van der Waals surface area (Å²) in [5, 5.41) is 11.4. The van der Waals surface area contributed by atoms with E-state index in [1.807, 2.05) is 0 Å². The fraction of sp³-hybridized carbons (Fsp3) is 0.714. The number of aliphatic carboxylic acids is 1. The van der Waals surface area contributed by atoms with Crippen molar-refractivity contribution in [3.63, 3.8) is 0 Å². The number of amides is 1. The van der Waals surface area contributed by atoms with E-state index >= 15 is 0 Å². The molecule has 0 saturated carbocycles. The molecule has 1 aliphatic rings.